The molecule has 0 fully saturated rings. The number of rotatable bonds is 7. The molecule has 0 spiro atoms. The number of nitrogens with zero attached hydrogens (tertiary/aromatic N) is 2. The number of aromatic nitrogens is 1. The number of aliphatic imine (C=N–C) groups is 1. The van der Waals surface area contributed by atoms with Gasteiger partial charge in [-0.3, -0.25) is 4.21 Å². The number of aromatic hydroxyl groups is 1. The van der Waals surface area contributed by atoms with E-state index >= 15 is 0 Å². The van der Waals surface area contributed by atoms with Gasteiger partial charge < -0.3 is 25.9 Å². The number of aryl methyl sites for hydroxylation is 2. The number of hydrogen-bond acceptors (Lipinski definition) is 5. The Balaban J connectivity index is 2.26. The standard InChI is InChI=1S/C22H25BrN4O4S/c1-4-31-21(29)19-17(11-32(30)13-7-5-12(2)6-8-13)27(3)16-9-15(23)20(28)14(18(16)19)10-26-22(24)25/h5-9,28H,4,10-11H2,1-3H3,(H4,24,25,26). The molecule has 0 aliphatic rings. The molecular weight excluding hydrogens is 496 g/mol. The number of phenolic OH excluding ortho intramolecular Hbond substituents is 1. The van der Waals surface area contributed by atoms with E-state index in [0.717, 1.165) is 5.56 Å². The summed E-state index contributed by atoms with van der Waals surface area (Å²) in [5.41, 5.74) is 13.8. The fraction of sp³-hybridized carbons (Fsp3) is 0.273. The van der Waals surface area contributed by atoms with Crippen LogP contribution in [0, 0.1) is 6.92 Å². The van der Waals surface area contributed by atoms with Crippen LogP contribution in [0.25, 0.3) is 10.9 Å². The maximum atomic E-state index is 13.2. The van der Waals surface area contributed by atoms with Crippen molar-refractivity contribution in [2.45, 2.75) is 31.0 Å². The second kappa shape index (κ2) is 9.74. The lowest BCUT2D eigenvalue weighted by Crippen LogP contribution is -2.22. The van der Waals surface area contributed by atoms with Gasteiger partial charge >= 0.3 is 5.97 Å². The number of phenols is 1. The van der Waals surface area contributed by atoms with Gasteiger partial charge in [0.15, 0.2) is 5.96 Å². The molecule has 32 heavy (non-hydrogen) atoms. The number of nitrogens with two attached hydrogens (primary N) is 2. The molecular formula is C22H25BrN4O4S. The molecule has 1 aromatic heterocycles. The van der Waals surface area contributed by atoms with Crippen molar-refractivity contribution in [3.05, 3.63) is 57.2 Å². The van der Waals surface area contributed by atoms with Crippen molar-refractivity contribution in [2.24, 2.45) is 23.5 Å². The molecule has 8 nitrogen and oxygen atoms in total. The number of benzene rings is 2. The van der Waals surface area contributed by atoms with Crippen LogP contribution >= 0.6 is 15.9 Å². The summed E-state index contributed by atoms with van der Waals surface area (Å²) in [6.07, 6.45) is 0. The third-order valence-electron chi connectivity index (χ3n) is 5.09. The van der Waals surface area contributed by atoms with Gasteiger partial charge in [-0.25, -0.2) is 9.79 Å². The van der Waals surface area contributed by atoms with E-state index in [1.54, 1.807) is 24.6 Å². The van der Waals surface area contributed by atoms with E-state index in [-0.39, 0.29) is 36.2 Å². The number of guanidine groups is 1. The summed E-state index contributed by atoms with van der Waals surface area (Å²) in [6, 6.07) is 9.10. The van der Waals surface area contributed by atoms with Gasteiger partial charge in [0.2, 0.25) is 0 Å². The quantitative estimate of drug-likeness (QED) is 0.249. The van der Waals surface area contributed by atoms with Gasteiger partial charge in [0.05, 0.1) is 45.3 Å². The van der Waals surface area contributed by atoms with E-state index in [1.807, 2.05) is 31.2 Å². The maximum absolute atomic E-state index is 13.2. The molecule has 0 bridgehead atoms. The van der Waals surface area contributed by atoms with Gasteiger partial charge in [0.25, 0.3) is 0 Å². The Morgan fingerprint density at radius 2 is 1.94 bits per heavy atom. The molecule has 2 aromatic carbocycles. The molecule has 0 radical (unpaired) electrons. The van der Waals surface area contributed by atoms with Crippen molar-refractivity contribution >= 4 is 49.6 Å². The highest BCUT2D eigenvalue weighted by Gasteiger charge is 2.28. The number of esters is 1. The lowest BCUT2D eigenvalue weighted by Gasteiger charge is -2.09. The Morgan fingerprint density at radius 1 is 1.28 bits per heavy atom. The molecule has 0 saturated heterocycles. The summed E-state index contributed by atoms with van der Waals surface area (Å²) in [7, 11) is 0.369. The van der Waals surface area contributed by atoms with E-state index in [0.29, 0.717) is 31.5 Å². The molecule has 5 N–H and O–H groups in total. The van der Waals surface area contributed by atoms with Crippen LogP contribution in [-0.2, 0) is 34.9 Å². The largest absolute Gasteiger partial charge is 0.506 e. The molecule has 0 aliphatic carbocycles. The Hall–Kier alpha value is -2.85. The predicted octanol–water partition coefficient (Wildman–Crippen LogP) is 3.21. The van der Waals surface area contributed by atoms with E-state index in [1.165, 1.54) is 0 Å². The van der Waals surface area contributed by atoms with Gasteiger partial charge in [-0.1, -0.05) is 17.7 Å². The molecule has 0 amide bonds. The van der Waals surface area contributed by atoms with Crippen molar-refractivity contribution in [2.75, 3.05) is 6.61 Å². The highest BCUT2D eigenvalue weighted by molar-refractivity contribution is 9.10. The minimum absolute atomic E-state index is 0.0407. The van der Waals surface area contributed by atoms with E-state index in [9.17, 15) is 14.1 Å². The molecule has 3 aromatic rings. The summed E-state index contributed by atoms with van der Waals surface area (Å²) in [5, 5.41) is 11.2. The van der Waals surface area contributed by atoms with Crippen molar-refractivity contribution in [1.29, 1.82) is 0 Å². The minimum atomic E-state index is -1.41. The molecule has 1 heterocycles. The van der Waals surface area contributed by atoms with Gasteiger partial charge in [-0.05, 0) is 48.0 Å². The zero-order valence-electron chi connectivity index (χ0n) is 18.0. The number of hydrogen-bond donors (Lipinski definition) is 3. The highest BCUT2D eigenvalue weighted by Crippen LogP contribution is 2.40. The Bertz CT molecular complexity index is 1230. The molecule has 1 unspecified atom stereocenters. The SMILES string of the molecule is CCOC(=O)c1c(CS(=O)c2ccc(C)cc2)n(C)c2cc(Br)c(O)c(CN=C(N)N)c12. The van der Waals surface area contributed by atoms with Gasteiger partial charge in [0, 0.05) is 28.6 Å². The fourth-order valence-electron chi connectivity index (χ4n) is 3.49. The summed E-state index contributed by atoms with van der Waals surface area (Å²) >= 11 is 3.35. The summed E-state index contributed by atoms with van der Waals surface area (Å²) in [6.45, 7) is 3.79. The lowest BCUT2D eigenvalue weighted by molar-refractivity contribution is 0.0527. The van der Waals surface area contributed by atoms with Gasteiger partial charge in [0.1, 0.15) is 5.75 Å². The molecule has 1 atom stereocenters. The van der Waals surface area contributed by atoms with Gasteiger partial charge in [-0.2, -0.15) is 0 Å². The second-order valence-corrected chi connectivity index (χ2v) is 9.53. The van der Waals surface area contributed by atoms with Gasteiger partial charge in [-0.15, -0.1) is 0 Å². The minimum Gasteiger partial charge on any atom is -0.506 e. The number of fused-ring (bicyclic) bond motifs is 1. The third kappa shape index (κ3) is 4.66. The fourth-order valence-corrected chi connectivity index (χ4v) is 5.14. The zero-order valence-corrected chi connectivity index (χ0v) is 20.4. The summed E-state index contributed by atoms with van der Waals surface area (Å²) < 4.78 is 20.7. The third-order valence-corrected chi connectivity index (χ3v) is 7.03. The summed E-state index contributed by atoms with van der Waals surface area (Å²) in [5.74, 6) is -0.707. The second-order valence-electron chi connectivity index (χ2n) is 7.22. The Labute approximate surface area is 196 Å². The molecule has 3 rings (SSSR count). The Kier molecular flexibility index (Phi) is 7.25. The van der Waals surface area contributed by atoms with E-state index < -0.39 is 16.8 Å². The molecule has 0 aliphatic heterocycles. The predicted molar refractivity (Wildman–Crippen MR) is 129 cm³/mol. The average Bonchev–Trinajstić information content (AvgIpc) is 3.00. The normalized spacial score (nSPS) is 12.0. The topological polar surface area (TPSA) is 133 Å². The van der Waals surface area contributed by atoms with Crippen LogP contribution in [0.5, 0.6) is 5.75 Å². The molecule has 170 valence electrons. The highest BCUT2D eigenvalue weighted by atomic mass is 79.9. The van der Waals surface area contributed by atoms with E-state index in [2.05, 4.69) is 20.9 Å². The Morgan fingerprint density at radius 3 is 2.53 bits per heavy atom. The first-order valence-corrected chi connectivity index (χ1v) is 12.0. The van der Waals surface area contributed by atoms with E-state index in [4.69, 9.17) is 16.2 Å². The van der Waals surface area contributed by atoms with Crippen LogP contribution in [0.2, 0.25) is 0 Å². The van der Waals surface area contributed by atoms with Crippen LogP contribution in [0.1, 0.15) is 34.1 Å². The first-order chi connectivity index (χ1) is 15.1. The number of ether oxygens (including phenoxy) is 1. The average molecular weight is 521 g/mol. The number of carbonyl (C=O) groups is 1. The van der Waals surface area contributed by atoms with Crippen molar-refractivity contribution < 1.29 is 18.8 Å². The molecule has 10 heteroatoms. The first-order valence-electron chi connectivity index (χ1n) is 9.84. The van der Waals surface area contributed by atoms with Crippen molar-refractivity contribution in [3.8, 4) is 5.75 Å². The zero-order chi connectivity index (χ0) is 23.6. The smallest absolute Gasteiger partial charge is 0.340 e. The number of carbonyl (C=O) groups excluding carboxylic acids is 1. The maximum Gasteiger partial charge on any atom is 0.340 e. The first kappa shape index (κ1) is 23.8. The van der Waals surface area contributed by atoms with Crippen molar-refractivity contribution in [1.82, 2.24) is 4.57 Å². The van der Waals surface area contributed by atoms with Crippen LogP contribution in [-0.4, -0.2) is 32.4 Å². The van der Waals surface area contributed by atoms with Crippen LogP contribution in [0.4, 0.5) is 0 Å². The number of halogens is 1. The van der Waals surface area contributed by atoms with Crippen LogP contribution in [0.3, 0.4) is 0 Å². The van der Waals surface area contributed by atoms with Crippen molar-refractivity contribution in [3.63, 3.8) is 0 Å². The lowest BCUT2D eigenvalue weighted by atomic mass is 10.0. The summed E-state index contributed by atoms with van der Waals surface area (Å²) in [4.78, 5) is 17.7. The molecule has 0 saturated carbocycles. The van der Waals surface area contributed by atoms with Crippen LogP contribution in [0.15, 0.2) is 44.7 Å². The monoisotopic (exact) mass is 520 g/mol. The van der Waals surface area contributed by atoms with Crippen LogP contribution < -0.4 is 11.5 Å².